The molecule has 3 N–H and O–H groups in total. The fourth-order valence-corrected chi connectivity index (χ4v) is 2.64. The highest BCUT2D eigenvalue weighted by atomic mass is 16.4. The lowest BCUT2D eigenvalue weighted by Gasteiger charge is -2.34. The molecule has 0 aliphatic carbocycles. The summed E-state index contributed by atoms with van der Waals surface area (Å²) in [6, 6.07) is 0.312. The first-order valence-corrected chi connectivity index (χ1v) is 8.01. The van der Waals surface area contributed by atoms with Gasteiger partial charge in [0.05, 0.1) is 0 Å². The van der Waals surface area contributed by atoms with E-state index in [1.54, 1.807) is 0 Å². The Labute approximate surface area is 127 Å². The molecule has 1 atom stereocenters. The summed E-state index contributed by atoms with van der Waals surface area (Å²) in [5.74, 6) is -0.600. The first kappa shape index (κ1) is 17.8. The third-order valence-corrected chi connectivity index (χ3v) is 3.93. The number of amides is 2. The van der Waals surface area contributed by atoms with Crippen LogP contribution in [0.25, 0.3) is 0 Å². The van der Waals surface area contributed by atoms with Gasteiger partial charge in [0.15, 0.2) is 0 Å². The van der Waals surface area contributed by atoms with Crippen LogP contribution in [0.15, 0.2) is 0 Å². The van der Waals surface area contributed by atoms with Crippen LogP contribution in [-0.4, -0.2) is 54.2 Å². The highest BCUT2D eigenvalue weighted by Gasteiger charge is 2.24. The van der Waals surface area contributed by atoms with Crippen LogP contribution in [-0.2, 0) is 4.79 Å². The topological polar surface area (TPSA) is 81.7 Å². The Morgan fingerprint density at radius 2 is 2.05 bits per heavy atom. The Kier molecular flexibility index (Phi) is 8.12. The molecule has 0 aromatic heterocycles. The fraction of sp³-hybridized carbons (Fsp3) is 0.867. The summed E-state index contributed by atoms with van der Waals surface area (Å²) in [7, 11) is 0. The van der Waals surface area contributed by atoms with Crippen LogP contribution in [0.5, 0.6) is 0 Å². The van der Waals surface area contributed by atoms with Crippen LogP contribution >= 0.6 is 0 Å². The van der Waals surface area contributed by atoms with Crippen molar-refractivity contribution >= 4 is 12.0 Å². The summed E-state index contributed by atoms with van der Waals surface area (Å²) in [5.41, 5.74) is 0. The number of carboxylic acid groups (broad SMARTS) is 1. The van der Waals surface area contributed by atoms with Crippen molar-refractivity contribution in [3.8, 4) is 0 Å². The second-order valence-electron chi connectivity index (χ2n) is 5.90. The molecule has 1 heterocycles. The second-order valence-corrected chi connectivity index (χ2v) is 5.90. The zero-order valence-electron chi connectivity index (χ0n) is 13.2. The molecule has 0 spiro atoms. The molecular weight excluding hydrogens is 270 g/mol. The molecule has 0 aromatic carbocycles. The minimum atomic E-state index is -0.782. The van der Waals surface area contributed by atoms with Crippen LogP contribution in [0.2, 0.25) is 0 Å². The maximum absolute atomic E-state index is 12.4. The lowest BCUT2D eigenvalue weighted by atomic mass is 10.0. The van der Waals surface area contributed by atoms with Gasteiger partial charge in [-0.1, -0.05) is 13.8 Å². The van der Waals surface area contributed by atoms with Gasteiger partial charge in [0.1, 0.15) is 0 Å². The number of urea groups is 1. The van der Waals surface area contributed by atoms with E-state index in [9.17, 15) is 9.59 Å². The Balaban J connectivity index is 2.39. The maximum atomic E-state index is 12.4. The minimum absolute atomic E-state index is 0.00840. The number of rotatable bonds is 8. The molecular formula is C15H29N3O3. The highest BCUT2D eigenvalue weighted by molar-refractivity contribution is 5.74. The normalized spacial score (nSPS) is 17.2. The van der Waals surface area contributed by atoms with E-state index in [1.165, 1.54) is 0 Å². The van der Waals surface area contributed by atoms with E-state index in [0.717, 1.165) is 38.9 Å². The van der Waals surface area contributed by atoms with Gasteiger partial charge in [0, 0.05) is 25.6 Å². The average molecular weight is 299 g/mol. The van der Waals surface area contributed by atoms with Crippen LogP contribution < -0.4 is 10.6 Å². The summed E-state index contributed by atoms with van der Waals surface area (Å²) < 4.78 is 0. The summed E-state index contributed by atoms with van der Waals surface area (Å²) >= 11 is 0. The molecule has 122 valence electrons. The van der Waals surface area contributed by atoms with E-state index in [4.69, 9.17) is 5.11 Å². The number of carbonyl (C=O) groups excluding carboxylic acids is 1. The molecule has 1 rings (SSSR count). The number of hydrogen-bond acceptors (Lipinski definition) is 3. The number of nitrogens with one attached hydrogen (secondary N) is 2. The van der Waals surface area contributed by atoms with E-state index in [0.29, 0.717) is 19.0 Å². The molecule has 0 bridgehead atoms. The van der Waals surface area contributed by atoms with Gasteiger partial charge in [-0.2, -0.15) is 0 Å². The Bertz CT molecular complexity index is 330. The number of hydrogen-bond donors (Lipinski definition) is 3. The molecule has 0 saturated carbocycles. The van der Waals surface area contributed by atoms with Crippen LogP contribution in [0.3, 0.4) is 0 Å². The average Bonchev–Trinajstić information content (AvgIpc) is 2.49. The van der Waals surface area contributed by atoms with Gasteiger partial charge in [-0.25, -0.2) is 4.79 Å². The van der Waals surface area contributed by atoms with Crippen LogP contribution in [0.1, 0.15) is 46.0 Å². The number of carboxylic acids is 1. The quantitative estimate of drug-likeness (QED) is 0.636. The van der Waals surface area contributed by atoms with Crippen molar-refractivity contribution in [3.05, 3.63) is 0 Å². The summed E-state index contributed by atoms with van der Waals surface area (Å²) in [4.78, 5) is 24.8. The van der Waals surface area contributed by atoms with Gasteiger partial charge < -0.3 is 20.6 Å². The lowest BCUT2D eigenvalue weighted by Crippen LogP contribution is -2.50. The number of aliphatic carboxylic acids is 1. The number of carbonyl (C=O) groups is 2. The van der Waals surface area contributed by atoms with E-state index in [1.807, 2.05) is 11.8 Å². The van der Waals surface area contributed by atoms with Gasteiger partial charge in [0.2, 0.25) is 0 Å². The standard InChI is InChI=1S/C15H29N3O3/c1-3-10-18(13-6-8-16-9-7-13)15(21)17-11-12(2)4-5-14(19)20/h12-13,16H,3-11H2,1-2H3,(H,17,21)(H,19,20). The Morgan fingerprint density at radius 3 is 2.62 bits per heavy atom. The number of nitrogens with zero attached hydrogens (tertiary/aromatic N) is 1. The zero-order chi connectivity index (χ0) is 15.7. The van der Waals surface area contributed by atoms with Gasteiger partial charge >= 0.3 is 12.0 Å². The monoisotopic (exact) mass is 299 g/mol. The molecule has 1 unspecified atom stereocenters. The summed E-state index contributed by atoms with van der Waals surface area (Å²) in [6.07, 6.45) is 3.70. The Hall–Kier alpha value is -1.30. The van der Waals surface area contributed by atoms with E-state index < -0.39 is 5.97 Å². The fourth-order valence-electron chi connectivity index (χ4n) is 2.64. The zero-order valence-corrected chi connectivity index (χ0v) is 13.2. The first-order valence-electron chi connectivity index (χ1n) is 8.01. The van der Waals surface area contributed by atoms with Crippen molar-refractivity contribution in [2.24, 2.45) is 5.92 Å². The largest absolute Gasteiger partial charge is 0.481 e. The maximum Gasteiger partial charge on any atom is 0.317 e. The molecule has 0 aromatic rings. The molecule has 1 saturated heterocycles. The number of piperidine rings is 1. The van der Waals surface area contributed by atoms with E-state index in [-0.39, 0.29) is 18.4 Å². The smallest absolute Gasteiger partial charge is 0.317 e. The molecule has 1 fully saturated rings. The third-order valence-electron chi connectivity index (χ3n) is 3.93. The predicted octanol–water partition coefficient (Wildman–Crippen LogP) is 1.66. The molecule has 1 aliphatic rings. The van der Waals surface area contributed by atoms with Gasteiger partial charge in [-0.3, -0.25) is 4.79 Å². The van der Waals surface area contributed by atoms with Crippen molar-refractivity contribution in [1.82, 2.24) is 15.5 Å². The molecule has 0 radical (unpaired) electrons. The second kappa shape index (κ2) is 9.60. The molecule has 6 nitrogen and oxygen atoms in total. The minimum Gasteiger partial charge on any atom is -0.481 e. The van der Waals surface area contributed by atoms with Crippen molar-refractivity contribution in [2.45, 2.75) is 52.0 Å². The van der Waals surface area contributed by atoms with E-state index >= 15 is 0 Å². The third kappa shape index (κ3) is 6.80. The molecule has 1 aliphatic heterocycles. The van der Waals surface area contributed by atoms with Crippen molar-refractivity contribution < 1.29 is 14.7 Å². The van der Waals surface area contributed by atoms with Crippen LogP contribution in [0.4, 0.5) is 4.79 Å². The summed E-state index contributed by atoms with van der Waals surface area (Å²) in [5, 5.41) is 14.9. The van der Waals surface area contributed by atoms with Gasteiger partial charge in [-0.05, 0) is 44.7 Å². The van der Waals surface area contributed by atoms with Gasteiger partial charge in [0.25, 0.3) is 0 Å². The Morgan fingerprint density at radius 1 is 1.38 bits per heavy atom. The lowest BCUT2D eigenvalue weighted by molar-refractivity contribution is -0.137. The summed E-state index contributed by atoms with van der Waals surface area (Å²) in [6.45, 7) is 7.30. The van der Waals surface area contributed by atoms with Crippen molar-refractivity contribution in [2.75, 3.05) is 26.2 Å². The van der Waals surface area contributed by atoms with Crippen LogP contribution in [0, 0.1) is 5.92 Å². The molecule has 21 heavy (non-hydrogen) atoms. The molecule has 6 heteroatoms. The van der Waals surface area contributed by atoms with Gasteiger partial charge in [-0.15, -0.1) is 0 Å². The highest BCUT2D eigenvalue weighted by Crippen LogP contribution is 2.13. The van der Waals surface area contributed by atoms with Crippen molar-refractivity contribution in [1.29, 1.82) is 0 Å². The van der Waals surface area contributed by atoms with Crippen molar-refractivity contribution in [3.63, 3.8) is 0 Å². The SMILES string of the molecule is CCCN(C(=O)NCC(C)CCC(=O)O)C1CCNCC1. The van der Waals surface area contributed by atoms with E-state index in [2.05, 4.69) is 17.6 Å². The molecule has 2 amide bonds. The predicted molar refractivity (Wildman–Crippen MR) is 82.3 cm³/mol. The first-order chi connectivity index (χ1) is 10.0.